The second-order valence-electron chi connectivity index (χ2n) is 3.58. The average molecular weight is 168 g/mol. The minimum absolute atomic E-state index is 0.0618. The van der Waals surface area contributed by atoms with E-state index in [2.05, 4.69) is 19.1 Å². The number of rotatable bonds is 3. The molecule has 0 N–H and O–H groups in total. The van der Waals surface area contributed by atoms with E-state index in [9.17, 15) is 4.79 Å². The van der Waals surface area contributed by atoms with Gasteiger partial charge in [-0.05, 0) is 25.2 Å². The molecule has 2 heteroatoms. The second-order valence-corrected chi connectivity index (χ2v) is 3.58. The van der Waals surface area contributed by atoms with Gasteiger partial charge in [0.05, 0.1) is 13.0 Å². The molecule has 2 nitrogen and oxygen atoms in total. The first-order valence-electron chi connectivity index (χ1n) is 4.49. The molecule has 68 valence electrons. The van der Waals surface area contributed by atoms with Gasteiger partial charge in [-0.2, -0.15) is 0 Å². The summed E-state index contributed by atoms with van der Waals surface area (Å²) in [5.41, 5.74) is 0.0618. The summed E-state index contributed by atoms with van der Waals surface area (Å²) < 4.78 is 4.90. The molecule has 0 aromatic heterocycles. The minimum atomic E-state index is -0.0773. The van der Waals surface area contributed by atoms with Crippen molar-refractivity contribution >= 4 is 5.97 Å². The Morgan fingerprint density at radius 1 is 1.67 bits per heavy atom. The molecule has 12 heavy (non-hydrogen) atoms. The molecular weight excluding hydrogens is 152 g/mol. The van der Waals surface area contributed by atoms with Crippen molar-refractivity contribution in [1.29, 1.82) is 0 Å². The van der Waals surface area contributed by atoms with Crippen molar-refractivity contribution in [2.45, 2.75) is 33.1 Å². The standard InChI is InChI=1S/C10H16O2/c1-3-12-9(11)8-10(2)6-4-5-7-10/h4,6H,3,5,7-8H2,1-2H3. The molecule has 0 bridgehead atoms. The van der Waals surface area contributed by atoms with Gasteiger partial charge < -0.3 is 4.74 Å². The summed E-state index contributed by atoms with van der Waals surface area (Å²) in [5.74, 6) is -0.0773. The Balaban J connectivity index is 2.39. The van der Waals surface area contributed by atoms with Crippen molar-refractivity contribution < 1.29 is 9.53 Å². The topological polar surface area (TPSA) is 26.3 Å². The van der Waals surface area contributed by atoms with E-state index in [1.165, 1.54) is 0 Å². The zero-order valence-electron chi connectivity index (χ0n) is 7.80. The fourth-order valence-electron chi connectivity index (χ4n) is 1.55. The van der Waals surface area contributed by atoms with Gasteiger partial charge in [-0.15, -0.1) is 0 Å². The van der Waals surface area contributed by atoms with Crippen LogP contribution in [-0.2, 0) is 9.53 Å². The summed E-state index contributed by atoms with van der Waals surface area (Å²) >= 11 is 0. The van der Waals surface area contributed by atoms with Crippen molar-refractivity contribution in [3.63, 3.8) is 0 Å². The third-order valence-corrected chi connectivity index (χ3v) is 2.26. The van der Waals surface area contributed by atoms with Gasteiger partial charge in [0.2, 0.25) is 0 Å². The van der Waals surface area contributed by atoms with Gasteiger partial charge in [-0.25, -0.2) is 0 Å². The van der Waals surface area contributed by atoms with Crippen LogP contribution >= 0.6 is 0 Å². The van der Waals surface area contributed by atoms with E-state index in [1.807, 2.05) is 6.92 Å². The molecule has 0 radical (unpaired) electrons. The van der Waals surface area contributed by atoms with Crippen LogP contribution in [0.4, 0.5) is 0 Å². The number of esters is 1. The van der Waals surface area contributed by atoms with Crippen LogP contribution in [0.5, 0.6) is 0 Å². The monoisotopic (exact) mass is 168 g/mol. The van der Waals surface area contributed by atoms with Crippen LogP contribution in [0, 0.1) is 5.41 Å². The van der Waals surface area contributed by atoms with E-state index in [0.29, 0.717) is 13.0 Å². The van der Waals surface area contributed by atoms with E-state index >= 15 is 0 Å². The molecule has 0 saturated heterocycles. The molecule has 1 atom stereocenters. The summed E-state index contributed by atoms with van der Waals surface area (Å²) in [7, 11) is 0. The van der Waals surface area contributed by atoms with Crippen LogP contribution in [0.15, 0.2) is 12.2 Å². The molecule has 1 unspecified atom stereocenters. The summed E-state index contributed by atoms with van der Waals surface area (Å²) in [6, 6.07) is 0. The van der Waals surface area contributed by atoms with Crippen LogP contribution in [0.3, 0.4) is 0 Å². The lowest BCUT2D eigenvalue weighted by atomic mass is 9.87. The fourth-order valence-corrected chi connectivity index (χ4v) is 1.55. The SMILES string of the molecule is CCOC(=O)CC1(C)C=CCC1. The largest absolute Gasteiger partial charge is 0.466 e. The zero-order chi connectivity index (χ0) is 9.03. The van der Waals surface area contributed by atoms with Gasteiger partial charge in [0.25, 0.3) is 0 Å². The Labute approximate surface area is 73.6 Å². The van der Waals surface area contributed by atoms with Crippen LogP contribution in [0.2, 0.25) is 0 Å². The van der Waals surface area contributed by atoms with E-state index in [1.54, 1.807) is 0 Å². The summed E-state index contributed by atoms with van der Waals surface area (Å²) in [6.07, 6.45) is 6.96. The predicted octanol–water partition coefficient (Wildman–Crippen LogP) is 2.30. The normalized spacial score (nSPS) is 27.5. The lowest BCUT2D eigenvalue weighted by Crippen LogP contribution is -2.17. The quantitative estimate of drug-likeness (QED) is 0.477. The molecule has 1 aliphatic rings. The van der Waals surface area contributed by atoms with Crippen molar-refractivity contribution in [2.24, 2.45) is 5.41 Å². The number of carbonyl (C=O) groups is 1. The highest BCUT2D eigenvalue weighted by molar-refractivity contribution is 5.70. The van der Waals surface area contributed by atoms with Crippen LogP contribution < -0.4 is 0 Å². The van der Waals surface area contributed by atoms with Gasteiger partial charge in [-0.3, -0.25) is 4.79 Å². The Bertz CT molecular complexity index is 196. The van der Waals surface area contributed by atoms with Gasteiger partial charge in [0.15, 0.2) is 0 Å². The third-order valence-electron chi connectivity index (χ3n) is 2.26. The lowest BCUT2D eigenvalue weighted by Gasteiger charge is -2.19. The van der Waals surface area contributed by atoms with Crippen LogP contribution in [0.1, 0.15) is 33.1 Å². The maximum atomic E-state index is 11.1. The van der Waals surface area contributed by atoms with Gasteiger partial charge in [-0.1, -0.05) is 19.1 Å². The third kappa shape index (κ3) is 2.36. The molecule has 0 amide bonds. The summed E-state index contributed by atoms with van der Waals surface area (Å²) in [5, 5.41) is 0. The smallest absolute Gasteiger partial charge is 0.306 e. The molecule has 0 spiro atoms. The first-order chi connectivity index (χ1) is 5.66. The highest BCUT2D eigenvalue weighted by atomic mass is 16.5. The van der Waals surface area contributed by atoms with E-state index in [0.717, 1.165) is 12.8 Å². The molecule has 1 rings (SSSR count). The number of hydrogen-bond donors (Lipinski definition) is 0. The average Bonchev–Trinajstić information content (AvgIpc) is 2.36. The molecule has 0 fully saturated rings. The Morgan fingerprint density at radius 3 is 2.92 bits per heavy atom. The molecule has 0 aromatic carbocycles. The fraction of sp³-hybridized carbons (Fsp3) is 0.700. The van der Waals surface area contributed by atoms with Gasteiger partial charge in [0, 0.05) is 0 Å². The van der Waals surface area contributed by atoms with Crippen molar-refractivity contribution in [3.05, 3.63) is 12.2 Å². The Morgan fingerprint density at radius 2 is 2.42 bits per heavy atom. The molecule has 0 saturated carbocycles. The summed E-state index contributed by atoms with van der Waals surface area (Å²) in [4.78, 5) is 11.1. The van der Waals surface area contributed by atoms with Crippen LogP contribution in [-0.4, -0.2) is 12.6 Å². The van der Waals surface area contributed by atoms with Crippen molar-refractivity contribution in [2.75, 3.05) is 6.61 Å². The zero-order valence-corrected chi connectivity index (χ0v) is 7.80. The van der Waals surface area contributed by atoms with Crippen molar-refractivity contribution in [1.82, 2.24) is 0 Å². The van der Waals surface area contributed by atoms with E-state index in [4.69, 9.17) is 4.74 Å². The highest BCUT2D eigenvalue weighted by Crippen LogP contribution is 2.34. The minimum Gasteiger partial charge on any atom is -0.466 e. The maximum Gasteiger partial charge on any atom is 0.306 e. The molecule has 0 heterocycles. The van der Waals surface area contributed by atoms with Crippen molar-refractivity contribution in [3.8, 4) is 0 Å². The maximum absolute atomic E-state index is 11.1. The van der Waals surface area contributed by atoms with Crippen LogP contribution in [0.25, 0.3) is 0 Å². The molecular formula is C10H16O2. The molecule has 0 aliphatic heterocycles. The number of ether oxygens (including phenoxy) is 1. The number of carbonyl (C=O) groups excluding carboxylic acids is 1. The van der Waals surface area contributed by atoms with E-state index < -0.39 is 0 Å². The summed E-state index contributed by atoms with van der Waals surface area (Å²) in [6.45, 7) is 4.43. The predicted molar refractivity (Wildman–Crippen MR) is 47.7 cm³/mol. The second kappa shape index (κ2) is 3.74. The van der Waals surface area contributed by atoms with Gasteiger partial charge >= 0.3 is 5.97 Å². The number of allylic oxidation sites excluding steroid dienone is 2. The highest BCUT2D eigenvalue weighted by Gasteiger charge is 2.27. The van der Waals surface area contributed by atoms with Gasteiger partial charge in [0.1, 0.15) is 0 Å². The first-order valence-corrected chi connectivity index (χ1v) is 4.49. The van der Waals surface area contributed by atoms with E-state index in [-0.39, 0.29) is 11.4 Å². The Kier molecular flexibility index (Phi) is 2.90. The molecule has 1 aliphatic carbocycles. The first kappa shape index (κ1) is 9.30. The lowest BCUT2D eigenvalue weighted by molar-refractivity contribution is -0.145. The number of hydrogen-bond acceptors (Lipinski definition) is 2. The molecule has 0 aromatic rings. The Hall–Kier alpha value is -0.790.